The van der Waals surface area contributed by atoms with Crippen LogP contribution in [0.5, 0.6) is 0 Å². The molecule has 2 heteroatoms. The molecule has 0 unspecified atom stereocenters. The summed E-state index contributed by atoms with van der Waals surface area (Å²) < 4.78 is 2.64. The smallest absolute Gasteiger partial charge is 0.0780 e. The first-order chi connectivity index (χ1) is 16.7. The van der Waals surface area contributed by atoms with Crippen molar-refractivity contribution in [3.05, 3.63) is 103 Å². The highest BCUT2D eigenvalue weighted by Crippen LogP contribution is 2.39. The number of nitrogens with zero attached hydrogens (tertiary/aromatic N) is 1. The van der Waals surface area contributed by atoms with Crippen LogP contribution in [0.4, 0.5) is 0 Å². The van der Waals surface area contributed by atoms with E-state index in [1.54, 1.807) is 0 Å². The molecule has 0 aliphatic carbocycles. The number of benzene rings is 5. The molecule has 2 heterocycles. The zero-order chi connectivity index (χ0) is 22.8. The van der Waals surface area contributed by atoms with E-state index in [1.807, 2.05) is 17.5 Å². The molecule has 0 spiro atoms. The van der Waals surface area contributed by atoms with E-state index >= 15 is 0 Å². The molecule has 2 aromatic heterocycles. The van der Waals surface area contributed by atoms with Gasteiger partial charge in [0, 0.05) is 37.3 Å². The topological polar surface area (TPSA) is 12.9 Å². The Kier molecular flexibility index (Phi) is 4.27. The van der Waals surface area contributed by atoms with Crippen LogP contribution in [0.1, 0.15) is 25.3 Å². The van der Waals surface area contributed by atoms with Crippen LogP contribution in [0, 0.1) is 0 Å². The highest BCUT2D eigenvalue weighted by atomic mass is 32.1. The summed E-state index contributed by atoms with van der Waals surface area (Å²) in [5.41, 5.74) is 3.61. The second-order valence-corrected chi connectivity index (χ2v) is 10.5. The minimum absolute atomic E-state index is 0.514. The summed E-state index contributed by atoms with van der Waals surface area (Å²) in [5.74, 6) is 0.514. The van der Waals surface area contributed by atoms with Gasteiger partial charge in [0.2, 0.25) is 0 Å². The highest BCUT2D eigenvalue weighted by molar-refractivity contribution is 7.25. The Labute approximate surface area is 202 Å². The maximum absolute atomic E-state index is 4.85. The van der Waals surface area contributed by atoms with Gasteiger partial charge in [-0.15, -0.1) is 11.3 Å². The Morgan fingerprint density at radius 2 is 1.29 bits per heavy atom. The molecule has 162 valence electrons. The fraction of sp³-hybridized carbons (Fsp3) is 0.0938. The maximum Gasteiger partial charge on any atom is 0.0780 e. The van der Waals surface area contributed by atoms with Crippen molar-refractivity contribution in [2.75, 3.05) is 0 Å². The predicted molar refractivity (Wildman–Crippen MR) is 149 cm³/mol. The zero-order valence-electron chi connectivity index (χ0n) is 19.2. The summed E-state index contributed by atoms with van der Waals surface area (Å²) in [4.78, 5) is 4.85. The lowest BCUT2D eigenvalue weighted by Gasteiger charge is -2.12. The average molecular weight is 454 g/mol. The summed E-state index contributed by atoms with van der Waals surface area (Å²) in [7, 11) is 0. The minimum atomic E-state index is 0.514. The molecule has 0 saturated carbocycles. The molecule has 7 rings (SSSR count). The van der Waals surface area contributed by atoms with Crippen LogP contribution in [-0.4, -0.2) is 4.98 Å². The molecule has 0 radical (unpaired) electrons. The standard InChI is InChI=1S/C32H23NS/c1-19(2)21-8-7-20-9-11-23-24(29(20)17-21)13-14-28-25(23)15-16-33-32(28)22-10-12-27-26-5-3-4-6-30(26)34-31(27)18-22/h3-19H,1-2H3. The summed E-state index contributed by atoms with van der Waals surface area (Å²) >= 11 is 1.86. The van der Waals surface area contributed by atoms with Gasteiger partial charge in [-0.2, -0.15) is 0 Å². The normalized spacial score (nSPS) is 12.1. The van der Waals surface area contributed by atoms with Crippen LogP contribution in [0.3, 0.4) is 0 Å². The lowest BCUT2D eigenvalue weighted by atomic mass is 9.93. The molecule has 0 aliphatic heterocycles. The number of hydrogen-bond donors (Lipinski definition) is 0. The lowest BCUT2D eigenvalue weighted by molar-refractivity contribution is 0.869. The first-order valence-electron chi connectivity index (χ1n) is 11.8. The Morgan fingerprint density at radius 1 is 0.588 bits per heavy atom. The third-order valence-corrected chi connectivity index (χ3v) is 8.24. The van der Waals surface area contributed by atoms with Crippen molar-refractivity contribution in [3.63, 3.8) is 0 Å². The molecular weight excluding hydrogens is 430 g/mol. The number of rotatable bonds is 2. The number of hydrogen-bond acceptors (Lipinski definition) is 2. The fourth-order valence-corrected chi connectivity index (χ4v) is 6.43. The van der Waals surface area contributed by atoms with E-state index in [-0.39, 0.29) is 0 Å². The Bertz CT molecular complexity index is 1890. The van der Waals surface area contributed by atoms with Crippen molar-refractivity contribution in [1.29, 1.82) is 0 Å². The molecule has 7 aromatic rings. The van der Waals surface area contributed by atoms with Gasteiger partial charge in [-0.3, -0.25) is 4.98 Å². The number of thiophene rings is 1. The third kappa shape index (κ3) is 2.89. The highest BCUT2D eigenvalue weighted by Gasteiger charge is 2.12. The molecule has 0 atom stereocenters. The molecule has 34 heavy (non-hydrogen) atoms. The second-order valence-electron chi connectivity index (χ2n) is 9.43. The largest absolute Gasteiger partial charge is 0.256 e. The number of aromatic nitrogens is 1. The van der Waals surface area contributed by atoms with Crippen LogP contribution in [0.25, 0.3) is 63.7 Å². The predicted octanol–water partition coefficient (Wildman–Crippen LogP) is 9.70. The maximum atomic E-state index is 4.85. The van der Waals surface area contributed by atoms with E-state index in [1.165, 1.54) is 63.6 Å². The summed E-state index contributed by atoms with van der Waals surface area (Å²) in [5, 5.41) is 10.3. The van der Waals surface area contributed by atoms with Gasteiger partial charge < -0.3 is 0 Å². The first-order valence-corrected chi connectivity index (χ1v) is 12.6. The molecule has 5 aromatic carbocycles. The van der Waals surface area contributed by atoms with E-state index in [0.29, 0.717) is 5.92 Å². The van der Waals surface area contributed by atoms with Crippen molar-refractivity contribution >= 4 is 63.8 Å². The van der Waals surface area contributed by atoms with Gasteiger partial charge in [0.05, 0.1) is 5.69 Å². The molecule has 0 N–H and O–H groups in total. The van der Waals surface area contributed by atoms with Crippen molar-refractivity contribution in [1.82, 2.24) is 4.98 Å². The van der Waals surface area contributed by atoms with E-state index in [0.717, 1.165) is 5.69 Å². The van der Waals surface area contributed by atoms with Gasteiger partial charge in [0.25, 0.3) is 0 Å². The van der Waals surface area contributed by atoms with Crippen LogP contribution in [0.15, 0.2) is 97.2 Å². The Hall–Kier alpha value is -3.75. The average Bonchev–Trinajstić information content (AvgIpc) is 3.25. The van der Waals surface area contributed by atoms with Gasteiger partial charge in [-0.05, 0) is 56.6 Å². The molecule has 0 fully saturated rings. The van der Waals surface area contributed by atoms with E-state index in [2.05, 4.69) is 105 Å². The van der Waals surface area contributed by atoms with Gasteiger partial charge in [0.1, 0.15) is 0 Å². The van der Waals surface area contributed by atoms with Gasteiger partial charge >= 0.3 is 0 Å². The van der Waals surface area contributed by atoms with Crippen molar-refractivity contribution in [3.8, 4) is 11.3 Å². The summed E-state index contributed by atoms with van der Waals surface area (Å²) in [6, 6.07) is 33.6. The summed E-state index contributed by atoms with van der Waals surface area (Å²) in [6.07, 6.45) is 1.96. The SMILES string of the molecule is CC(C)c1ccc2ccc3c4ccnc(-c5ccc6c(c5)sc5ccccc56)c4ccc3c2c1. The van der Waals surface area contributed by atoms with Crippen LogP contribution in [0.2, 0.25) is 0 Å². The third-order valence-electron chi connectivity index (χ3n) is 7.10. The molecule has 0 saturated heterocycles. The number of pyridine rings is 1. The van der Waals surface area contributed by atoms with Crippen LogP contribution in [-0.2, 0) is 0 Å². The number of fused-ring (bicyclic) bond motifs is 8. The fourth-order valence-electron chi connectivity index (χ4n) is 5.28. The molecule has 1 nitrogen and oxygen atoms in total. The Balaban J connectivity index is 1.48. The van der Waals surface area contributed by atoms with E-state index < -0.39 is 0 Å². The van der Waals surface area contributed by atoms with Crippen molar-refractivity contribution < 1.29 is 0 Å². The Morgan fingerprint density at radius 3 is 2.21 bits per heavy atom. The van der Waals surface area contributed by atoms with Crippen molar-refractivity contribution in [2.45, 2.75) is 19.8 Å². The monoisotopic (exact) mass is 453 g/mol. The van der Waals surface area contributed by atoms with E-state index in [9.17, 15) is 0 Å². The molecular formula is C32H23NS. The second kappa shape index (κ2) is 7.38. The summed E-state index contributed by atoms with van der Waals surface area (Å²) in [6.45, 7) is 4.51. The molecule has 0 amide bonds. The molecule has 0 aliphatic rings. The van der Waals surface area contributed by atoms with Crippen molar-refractivity contribution in [2.24, 2.45) is 0 Å². The first kappa shape index (κ1) is 19.7. The van der Waals surface area contributed by atoms with Gasteiger partial charge in [-0.1, -0.05) is 86.6 Å². The zero-order valence-corrected chi connectivity index (χ0v) is 20.0. The van der Waals surface area contributed by atoms with Crippen LogP contribution >= 0.6 is 11.3 Å². The van der Waals surface area contributed by atoms with E-state index in [4.69, 9.17) is 4.98 Å². The lowest BCUT2D eigenvalue weighted by Crippen LogP contribution is -1.89. The van der Waals surface area contributed by atoms with Gasteiger partial charge in [0.15, 0.2) is 0 Å². The molecule has 0 bridgehead atoms. The minimum Gasteiger partial charge on any atom is -0.256 e. The van der Waals surface area contributed by atoms with Crippen LogP contribution < -0.4 is 0 Å². The quantitative estimate of drug-likeness (QED) is 0.237. The van der Waals surface area contributed by atoms with Gasteiger partial charge in [-0.25, -0.2) is 0 Å².